The van der Waals surface area contributed by atoms with Crippen molar-refractivity contribution in [2.45, 2.75) is 26.3 Å². The number of carboxylic acids is 1. The molecular weight excluding hydrogens is 462 g/mol. The number of aromatic nitrogens is 1. The van der Waals surface area contributed by atoms with Gasteiger partial charge < -0.3 is 19.9 Å². The average molecular weight is 494 g/mol. The highest BCUT2D eigenvalue weighted by Gasteiger charge is 2.20. The van der Waals surface area contributed by atoms with Gasteiger partial charge in [-0.25, -0.2) is 4.79 Å². The Balaban J connectivity index is 1.55. The minimum absolute atomic E-state index is 0.0259. The Labute approximate surface area is 216 Å². The summed E-state index contributed by atoms with van der Waals surface area (Å²) >= 11 is 0. The van der Waals surface area contributed by atoms with E-state index in [2.05, 4.69) is 52.7 Å². The van der Waals surface area contributed by atoms with Crippen LogP contribution < -0.4 is 15.8 Å². The van der Waals surface area contributed by atoms with E-state index in [1.807, 2.05) is 39.1 Å². The standard InChI is InChI=1S/C31H31N3O3/c1-20-17-25(21(2)32-28-12-8-7-11-24(28)31(36)37)26-19-29(33(3)30(35)27(26)18-20)22-13-15-34(16-14-22)23-9-5-4-6-10-23/h4-13,17-19,21,32H,14-16H2,1-3H3,(H,36,37). The molecule has 0 spiro atoms. The summed E-state index contributed by atoms with van der Waals surface area (Å²) in [6, 6.07) is 23.2. The first-order valence-corrected chi connectivity index (χ1v) is 12.6. The molecule has 2 N–H and O–H groups in total. The van der Waals surface area contributed by atoms with Crippen LogP contribution in [-0.2, 0) is 7.05 Å². The summed E-state index contributed by atoms with van der Waals surface area (Å²) in [5.74, 6) is -0.977. The van der Waals surface area contributed by atoms with Gasteiger partial charge in [-0.05, 0) is 78.8 Å². The van der Waals surface area contributed by atoms with Crippen LogP contribution in [0.15, 0.2) is 83.7 Å². The van der Waals surface area contributed by atoms with Gasteiger partial charge in [-0.3, -0.25) is 4.79 Å². The number of aromatic carboxylic acids is 1. The van der Waals surface area contributed by atoms with Gasteiger partial charge in [0.1, 0.15) is 0 Å². The Kier molecular flexibility index (Phi) is 6.57. The molecule has 0 bridgehead atoms. The van der Waals surface area contributed by atoms with Gasteiger partial charge >= 0.3 is 5.97 Å². The number of nitrogens with zero attached hydrogens (tertiary/aromatic N) is 2. The number of anilines is 2. The lowest BCUT2D eigenvalue weighted by atomic mass is 9.94. The lowest BCUT2D eigenvalue weighted by Gasteiger charge is -2.29. The minimum atomic E-state index is -0.977. The van der Waals surface area contributed by atoms with Crippen molar-refractivity contribution in [1.29, 1.82) is 0 Å². The Bertz CT molecular complexity index is 1570. The van der Waals surface area contributed by atoms with Crippen LogP contribution in [0.3, 0.4) is 0 Å². The van der Waals surface area contributed by atoms with Crippen LogP contribution in [0.5, 0.6) is 0 Å². The summed E-state index contributed by atoms with van der Waals surface area (Å²) < 4.78 is 1.76. The molecule has 1 aliphatic rings. The first-order chi connectivity index (χ1) is 17.8. The number of carboxylic acid groups (broad SMARTS) is 1. The van der Waals surface area contributed by atoms with E-state index in [0.29, 0.717) is 11.1 Å². The maximum Gasteiger partial charge on any atom is 0.337 e. The Morgan fingerprint density at radius 1 is 1.00 bits per heavy atom. The van der Waals surface area contributed by atoms with E-state index in [0.717, 1.165) is 47.3 Å². The first kappa shape index (κ1) is 24.4. The Hall–Kier alpha value is -4.32. The van der Waals surface area contributed by atoms with Crippen LogP contribution in [-0.4, -0.2) is 28.7 Å². The lowest BCUT2D eigenvalue weighted by Crippen LogP contribution is -2.29. The molecule has 5 rings (SSSR count). The molecule has 1 unspecified atom stereocenters. The molecule has 1 atom stereocenters. The highest BCUT2D eigenvalue weighted by atomic mass is 16.4. The summed E-state index contributed by atoms with van der Waals surface area (Å²) in [6.45, 7) is 5.65. The van der Waals surface area contributed by atoms with Crippen molar-refractivity contribution in [1.82, 2.24) is 4.57 Å². The number of aryl methyl sites for hydroxylation is 1. The second kappa shape index (κ2) is 9.97. The zero-order valence-electron chi connectivity index (χ0n) is 21.4. The second-order valence-corrected chi connectivity index (χ2v) is 9.69. The number of pyridine rings is 1. The van der Waals surface area contributed by atoms with Crippen molar-refractivity contribution in [3.63, 3.8) is 0 Å². The number of benzene rings is 3. The predicted molar refractivity (Wildman–Crippen MR) is 151 cm³/mol. The Morgan fingerprint density at radius 3 is 2.43 bits per heavy atom. The van der Waals surface area contributed by atoms with Crippen molar-refractivity contribution >= 4 is 33.7 Å². The SMILES string of the molecule is Cc1cc(C(C)Nc2ccccc2C(=O)O)c2cc(C3=CCN(c4ccccc4)CC3)n(C)c(=O)c2c1. The third-order valence-electron chi connectivity index (χ3n) is 7.19. The van der Waals surface area contributed by atoms with E-state index < -0.39 is 5.97 Å². The zero-order valence-corrected chi connectivity index (χ0v) is 21.4. The molecule has 0 fully saturated rings. The monoisotopic (exact) mass is 493 g/mol. The molecular formula is C31H31N3O3. The quantitative estimate of drug-likeness (QED) is 0.344. The van der Waals surface area contributed by atoms with Crippen LogP contribution in [0.2, 0.25) is 0 Å². The number of para-hydroxylation sites is 2. The molecule has 188 valence electrons. The van der Waals surface area contributed by atoms with Crippen molar-refractivity contribution in [3.8, 4) is 0 Å². The molecule has 6 nitrogen and oxygen atoms in total. The van der Waals surface area contributed by atoms with E-state index in [4.69, 9.17) is 0 Å². The average Bonchev–Trinajstić information content (AvgIpc) is 2.91. The van der Waals surface area contributed by atoms with Crippen LogP contribution in [0.1, 0.15) is 46.6 Å². The zero-order chi connectivity index (χ0) is 26.1. The molecule has 0 saturated carbocycles. The maximum absolute atomic E-state index is 13.5. The van der Waals surface area contributed by atoms with Crippen LogP contribution in [0.4, 0.5) is 11.4 Å². The fourth-order valence-corrected chi connectivity index (χ4v) is 5.24. The molecule has 0 radical (unpaired) electrons. The normalized spacial score (nSPS) is 14.4. The molecule has 0 amide bonds. The summed E-state index contributed by atoms with van der Waals surface area (Å²) in [5, 5.41) is 14.5. The maximum atomic E-state index is 13.5. The highest BCUT2D eigenvalue weighted by Crippen LogP contribution is 2.32. The highest BCUT2D eigenvalue weighted by molar-refractivity contribution is 5.94. The predicted octanol–water partition coefficient (Wildman–Crippen LogP) is 6.01. The smallest absolute Gasteiger partial charge is 0.337 e. The van der Waals surface area contributed by atoms with E-state index in [-0.39, 0.29) is 17.2 Å². The number of nitrogens with one attached hydrogen (secondary N) is 1. The number of hydrogen-bond acceptors (Lipinski definition) is 4. The van der Waals surface area contributed by atoms with Crippen molar-refractivity contribution < 1.29 is 9.90 Å². The van der Waals surface area contributed by atoms with Crippen molar-refractivity contribution in [2.75, 3.05) is 23.3 Å². The molecule has 4 aromatic rings. The lowest BCUT2D eigenvalue weighted by molar-refractivity contribution is 0.0698. The topological polar surface area (TPSA) is 74.6 Å². The van der Waals surface area contributed by atoms with Crippen LogP contribution in [0.25, 0.3) is 16.3 Å². The molecule has 37 heavy (non-hydrogen) atoms. The fraction of sp³-hybridized carbons (Fsp3) is 0.226. The molecule has 0 aliphatic carbocycles. The number of rotatable bonds is 6. The largest absolute Gasteiger partial charge is 0.478 e. The fourth-order valence-electron chi connectivity index (χ4n) is 5.24. The van der Waals surface area contributed by atoms with Gasteiger partial charge in [0.05, 0.1) is 5.56 Å². The van der Waals surface area contributed by atoms with E-state index in [1.165, 1.54) is 5.69 Å². The van der Waals surface area contributed by atoms with Crippen LogP contribution in [0, 0.1) is 6.92 Å². The molecule has 6 heteroatoms. The third kappa shape index (κ3) is 4.75. The minimum Gasteiger partial charge on any atom is -0.478 e. The van der Waals surface area contributed by atoms with Gasteiger partial charge in [0.15, 0.2) is 0 Å². The molecule has 3 aromatic carbocycles. The van der Waals surface area contributed by atoms with Crippen LogP contribution >= 0.6 is 0 Å². The summed E-state index contributed by atoms with van der Waals surface area (Å²) in [4.78, 5) is 27.6. The van der Waals surface area contributed by atoms with Gasteiger partial charge in [-0.15, -0.1) is 0 Å². The second-order valence-electron chi connectivity index (χ2n) is 9.69. The van der Waals surface area contributed by atoms with Gasteiger partial charge in [0.25, 0.3) is 5.56 Å². The Morgan fingerprint density at radius 2 is 1.73 bits per heavy atom. The van der Waals surface area contributed by atoms with E-state index in [1.54, 1.807) is 22.8 Å². The number of hydrogen-bond donors (Lipinski definition) is 2. The number of fused-ring (bicyclic) bond motifs is 1. The molecule has 2 heterocycles. The van der Waals surface area contributed by atoms with Crippen molar-refractivity contribution in [3.05, 3.63) is 112 Å². The molecule has 1 aromatic heterocycles. The first-order valence-electron chi connectivity index (χ1n) is 12.6. The van der Waals surface area contributed by atoms with E-state index in [9.17, 15) is 14.7 Å². The van der Waals surface area contributed by atoms with Gasteiger partial charge in [-0.2, -0.15) is 0 Å². The molecule has 0 saturated heterocycles. The summed E-state index contributed by atoms with van der Waals surface area (Å²) in [5.41, 5.74) is 5.99. The summed E-state index contributed by atoms with van der Waals surface area (Å²) in [7, 11) is 1.84. The molecule has 1 aliphatic heterocycles. The van der Waals surface area contributed by atoms with Crippen molar-refractivity contribution in [2.24, 2.45) is 7.05 Å². The van der Waals surface area contributed by atoms with Gasteiger partial charge in [0.2, 0.25) is 0 Å². The summed E-state index contributed by atoms with van der Waals surface area (Å²) in [6.07, 6.45) is 3.06. The number of carbonyl (C=O) groups is 1. The van der Waals surface area contributed by atoms with Gasteiger partial charge in [-0.1, -0.05) is 42.5 Å². The third-order valence-corrected chi connectivity index (χ3v) is 7.19. The van der Waals surface area contributed by atoms with E-state index >= 15 is 0 Å². The van der Waals surface area contributed by atoms with Gasteiger partial charge in [0, 0.05) is 48.6 Å².